The highest BCUT2D eigenvalue weighted by Gasteiger charge is 2.42. The minimum absolute atomic E-state index is 0.0265. The molecule has 0 spiro atoms. The Morgan fingerprint density at radius 1 is 0.660 bits per heavy atom. The fourth-order valence-corrected chi connectivity index (χ4v) is 6.80. The molecular weight excluding hydrogens is 740 g/mol. The summed E-state index contributed by atoms with van der Waals surface area (Å²) >= 11 is 3.34. The molecule has 2 aliphatic carbocycles. The second kappa shape index (κ2) is 16.2. The van der Waals surface area contributed by atoms with Gasteiger partial charge in [0.25, 0.3) is 0 Å². The number of benzene rings is 2. The second-order valence-corrected chi connectivity index (χ2v) is 14.5. The number of ether oxygens (including phenoxy) is 1. The lowest BCUT2D eigenvalue weighted by Gasteiger charge is -2.40. The van der Waals surface area contributed by atoms with E-state index in [2.05, 4.69) is 25.9 Å². The molecule has 8 rings (SSSR count). The smallest absolute Gasteiger partial charge is 0.231 e. The minimum Gasteiger partial charge on any atom is -0.508 e. The van der Waals surface area contributed by atoms with E-state index in [0.717, 1.165) is 25.7 Å². The zero-order valence-electron chi connectivity index (χ0n) is 30.2. The molecule has 2 aromatic carbocycles. The number of para-hydroxylation sites is 2. The first-order chi connectivity index (χ1) is 25.4. The van der Waals surface area contributed by atoms with E-state index in [0.29, 0.717) is 58.1 Å². The third-order valence-corrected chi connectivity index (χ3v) is 9.68. The number of hydrogen-bond acceptors (Lipinski definition) is 8. The van der Waals surface area contributed by atoms with Crippen LogP contribution in [0.2, 0.25) is 0 Å². The number of nitrogens with zero attached hydrogens (tertiary/aromatic N) is 6. The molecule has 0 radical (unpaired) electrons. The molecule has 53 heavy (non-hydrogen) atoms. The maximum atomic E-state index is 12.8. The largest absolute Gasteiger partial charge is 0.508 e. The highest BCUT2D eigenvalue weighted by atomic mass is 79.9. The van der Waals surface area contributed by atoms with Gasteiger partial charge in [-0.3, -0.25) is 29.0 Å². The highest BCUT2D eigenvalue weighted by molar-refractivity contribution is 9.10. The van der Waals surface area contributed by atoms with Crippen LogP contribution in [-0.2, 0) is 19.2 Å². The van der Waals surface area contributed by atoms with Gasteiger partial charge in [0.1, 0.15) is 16.1 Å². The van der Waals surface area contributed by atoms with E-state index in [4.69, 9.17) is 9.84 Å². The van der Waals surface area contributed by atoms with E-state index in [1.54, 1.807) is 62.9 Å². The van der Waals surface area contributed by atoms with Crippen molar-refractivity contribution < 1.29 is 29.0 Å². The Kier molecular flexibility index (Phi) is 11.4. The average Bonchev–Trinajstić information content (AvgIpc) is 4.06. The average molecular weight is 784 g/mol. The quantitative estimate of drug-likeness (QED) is 0.217. The van der Waals surface area contributed by atoms with Crippen LogP contribution in [0.5, 0.6) is 17.4 Å². The van der Waals surface area contributed by atoms with Crippen molar-refractivity contribution in [3.05, 3.63) is 89.5 Å². The Morgan fingerprint density at radius 3 is 1.55 bits per heavy atom. The summed E-state index contributed by atoms with van der Waals surface area (Å²) in [5.74, 6) is 2.85. The fraction of sp³-hybridized carbons (Fsp3) is 0.350. The van der Waals surface area contributed by atoms with Crippen LogP contribution in [0.4, 0.5) is 23.0 Å². The van der Waals surface area contributed by atoms with Gasteiger partial charge in [-0.1, -0.05) is 36.4 Å². The fourth-order valence-electron chi connectivity index (χ4n) is 6.50. The number of carbonyl (C=O) groups is 4. The molecule has 276 valence electrons. The molecule has 0 unspecified atom stereocenters. The number of halogens is 1. The summed E-state index contributed by atoms with van der Waals surface area (Å²) in [5, 5.41) is 8.63. The van der Waals surface area contributed by atoms with Gasteiger partial charge < -0.3 is 19.6 Å². The van der Waals surface area contributed by atoms with Crippen molar-refractivity contribution in [2.75, 3.05) is 32.7 Å². The zero-order chi connectivity index (χ0) is 37.8. The predicted molar refractivity (Wildman–Crippen MR) is 206 cm³/mol. The summed E-state index contributed by atoms with van der Waals surface area (Å²) in [6.45, 7) is 7.94. The number of aromatic nitrogens is 2. The van der Waals surface area contributed by atoms with E-state index in [9.17, 15) is 19.2 Å². The van der Waals surface area contributed by atoms with Crippen molar-refractivity contribution in [2.24, 2.45) is 11.8 Å². The van der Waals surface area contributed by atoms with Gasteiger partial charge in [-0.25, -0.2) is 4.98 Å². The van der Waals surface area contributed by atoms with Crippen LogP contribution in [0.25, 0.3) is 0 Å². The van der Waals surface area contributed by atoms with Gasteiger partial charge >= 0.3 is 0 Å². The van der Waals surface area contributed by atoms with Gasteiger partial charge in [0.15, 0.2) is 11.6 Å². The molecular formula is C40H43BrN6O6. The molecule has 0 saturated heterocycles. The highest BCUT2D eigenvalue weighted by Crippen LogP contribution is 2.41. The van der Waals surface area contributed by atoms with Gasteiger partial charge in [0.2, 0.25) is 29.5 Å². The Morgan fingerprint density at radius 2 is 1.11 bits per heavy atom. The monoisotopic (exact) mass is 782 g/mol. The maximum Gasteiger partial charge on any atom is 0.231 e. The Balaban J connectivity index is 0.000000157. The number of carbonyl (C=O) groups excluding carboxylic acids is 4. The molecule has 4 heterocycles. The van der Waals surface area contributed by atoms with E-state index in [1.165, 1.54) is 6.92 Å². The molecule has 1 N–H and O–H groups in total. The molecule has 4 aliphatic rings. The summed E-state index contributed by atoms with van der Waals surface area (Å²) < 4.78 is 6.49. The third kappa shape index (κ3) is 8.85. The molecule has 12 nitrogen and oxygen atoms in total. The number of anilines is 4. The zero-order valence-corrected chi connectivity index (χ0v) is 31.8. The standard InChI is InChI=1S/C20H21N3O3.C14H16BrN3O2.C6H6O/c1-13-12-22(20(25)15-8-9-15)19-17(23(13)14(2)24)10-11-18(21-19)26-16-6-4-3-5-7-16;1-8-7-17(14(20)10-3-4-10)13-11(18(8)9(2)19)5-6-12(15)16-13;7-6-4-2-1-3-5-6/h3-7,10-11,13,15H,8-9,12H2,1-2H3;5-6,8,10H,3-4,7H2,1-2H3;1-5,7H/t13-;8-;/m00./s1. The van der Waals surface area contributed by atoms with Crippen LogP contribution in [0.3, 0.4) is 0 Å². The predicted octanol–water partition coefficient (Wildman–Crippen LogP) is 7.11. The van der Waals surface area contributed by atoms with E-state index in [-0.39, 0.29) is 47.5 Å². The molecule has 2 atom stereocenters. The molecule has 2 aromatic heterocycles. The van der Waals surface area contributed by atoms with Gasteiger partial charge in [-0.05, 0) is 97.9 Å². The summed E-state index contributed by atoms with van der Waals surface area (Å²) in [4.78, 5) is 65.0. The molecule has 2 aliphatic heterocycles. The molecule has 2 fully saturated rings. The van der Waals surface area contributed by atoms with Crippen molar-refractivity contribution in [2.45, 2.75) is 65.5 Å². The lowest BCUT2D eigenvalue weighted by atomic mass is 10.1. The van der Waals surface area contributed by atoms with Crippen molar-refractivity contribution in [1.82, 2.24) is 9.97 Å². The number of fused-ring (bicyclic) bond motifs is 2. The van der Waals surface area contributed by atoms with E-state index >= 15 is 0 Å². The van der Waals surface area contributed by atoms with Crippen molar-refractivity contribution in [3.8, 4) is 17.4 Å². The van der Waals surface area contributed by atoms with Crippen LogP contribution in [0.15, 0.2) is 89.5 Å². The van der Waals surface area contributed by atoms with Gasteiger partial charge in [-0.15, -0.1) is 0 Å². The van der Waals surface area contributed by atoms with Crippen LogP contribution in [0, 0.1) is 11.8 Å². The number of rotatable bonds is 4. The lowest BCUT2D eigenvalue weighted by Crippen LogP contribution is -2.52. The van der Waals surface area contributed by atoms with Gasteiger partial charge in [0, 0.05) is 44.8 Å². The molecule has 0 bridgehead atoms. The summed E-state index contributed by atoms with van der Waals surface area (Å²) in [6.07, 6.45) is 3.78. The van der Waals surface area contributed by atoms with Crippen molar-refractivity contribution in [1.29, 1.82) is 0 Å². The SMILES string of the molecule is CC(=O)N1c2ccc(Br)nc2N(C(=O)C2CC2)C[C@@H]1C.CC(=O)N1c2ccc(Oc3ccccc3)nc2N(C(=O)C2CC2)C[C@@H]1C.Oc1ccccc1. The van der Waals surface area contributed by atoms with Gasteiger partial charge in [-0.2, -0.15) is 4.98 Å². The maximum absolute atomic E-state index is 12.8. The number of phenols is 1. The van der Waals surface area contributed by atoms with Gasteiger partial charge in [0.05, 0.1) is 23.5 Å². The normalized spacial score (nSPS) is 18.7. The number of phenolic OH excluding ortho intramolecular Hbond substituents is 1. The van der Waals surface area contributed by atoms with Crippen LogP contribution in [0.1, 0.15) is 53.4 Å². The Bertz CT molecular complexity index is 1970. The number of hydrogen-bond donors (Lipinski definition) is 1. The van der Waals surface area contributed by atoms with Crippen LogP contribution in [-0.4, -0.2) is 63.9 Å². The number of aromatic hydroxyl groups is 1. The minimum atomic E-state index is -0.0922. The molecule has 2 saturated carbocycles. The van der Waals surface area contributed by atoms with Crippen LogP contribution >= 0.6 is 15.9 Å². The molecule has 4 amide bonds. The summed E-state index contributed by atoms with van der Waals surface area (Å²) in [6, 6.07) is 25.1. The van der Waals surface area contributed by atoms with E-state index < -0.39 is 0 Å². The third-order valence-electron chi connectivity index (χ3n) is 9.24. The van der Waals surface area contributed by atoms with Crippen molar-refractivity contribution in [3.63, 3.8) is 0 Å². The molecule has 4 aromatic rings. The Labute approximate surface area is 317 Å². The lowest BCUT2D eigenvalue weighted by molar-refractivity contribution is -0.121. The van der Waals surface area contributed by atoms with E-state index in [1.807, 2.05) is 62.4 Å². The summed E-state index contributed by atoms with van der Waals surface area (Å²) in [7, 11) is 0. The number of amides is 4. The van der Waals surface area contributed by atoms with Crippen LogP contribution < -0.4 is 24.3 Å². The van der Waals surface area contributed by atoms with Crippen molar-refractivity contribution >= 4 is 62.6 Å². The topological polar surface area (TPSA) is 136 Å². The first-order valence-electron chi connectivity index (χ1n) is 17.8. The Hall–Kier alpha value is -5.30. The first kappa shape index (κ1) is 37.5. The number of pyridine rings is 2. The molecule has 13 heteroatoms. The second-order valence-electron chi connectivity index (χ2n) is 13.6. The summed E-state index contributed by atoms with van der Waals surface area (Å²) in [5.41, 5.74) is 1.37. The first-order valence-corrected chi connectivity index (χ1v) is 18.6.